The molecule has 0 saturated heterocycles. The summed E-state index contributed by atoms with van der Waals surface area (Å²) in [5, 5.41) is 0. The fourth-order valence-corrected chi connectivity index (χ4v) is 2.80. The predicted octanol–water partition coefficient (Wildman–Crippen LogP) is 4.28. The number of hydrogen-bond donors (Lipinski definition) is 0. The molecule has 4 rings (SSSR count). The van der Waals surface area contributed by atoms with Crippen LogP contribution in [-0.2, 0) is 6.42 Å². The summed E-state index contributed by atoms with van der Waals surface area (Å²) < 4.78 is 0. The Kier molecular flexibility index (Phi) is 2.04. The van der Waals surface area contributed by atoms with Gasteiger partial charge in [0.25, 0.3) is 0 Å². The normalized spacial score (nSPS) is 16.0. The maximum Gasteiger partial charge on any atom is 0.0208 e. The Labute approximate surface area is 107 Å². The van der Waals surface area contributed by atoms with Crippen LogP contribution in [0.2, 0.25) is 0 Å². The van der Waals surface area contributed by atoms with Crippen LogP contribution >= 0.6 is 0 Å². The molecule has 0 aromatic heterocycles. The minimum absolute atomic E-state index is 1.06. The zero-order valence-corrected chi connectivity index (χ0v) is 10.1. The monoisotopic (exact) mass is 229 g/mol. The first kappa shape index (κ1) is 9.90. The van der Waals surface area contributed by atoms with E-state index in [1.54, 1.807) is 0 Å². The molecule has 0 aliphatic heterocycles. The molecule has 0 amide bonds. The van der Waals surface area contributed by atoms with Gasteiger partial charge in [0.1, 0.15) is 0 Å². The lowest BCUT2D eigenvalue weighted by molar-refractivity contribution is 1.21. The van der Waals surface area contributed by atoms with Gasteiger partial charge >= 0.3 is 0 Å². The number of hydrogen-bond acceptors (Lipinski definition) is 0. The molecular formula is C18H13. The van der Waals surface area contributed by atoms with E-state index in [1.807, 2.05) is 0 Å². The van der Waals surface area contributed by atoms with E-state index in [-0.39, 0.29) is 0 Å². The third-order valence-corrected chi connectivity index (χ3v) is 3.75. The molecule has 0 nitrogen and oxygen atoms in total. The van der Waals surface area contributed by atoms with Crippen LogP contribution in [0.25, 0.3) is 12.2 Å². The summed E-state index contributed by atoms with van der Waals surface area (Å²) in [4.78, 5) is 0. The molecule has 0 heterocycles. The van der Waals surface area contributed by atoms with Crippen LogP contribution in [0.3, 0.4) is 0 Å². The van der Waals surface area contributed by atoms with E-state index in [1.165, 1.54) is 33.4 Å². The summed E-state index contributed by atoms with van der Waals surface area (Å²) in [5.74, 6) is 0. The molecular weight excluding hydrogens is 216 g/mol. The predicted molar refractivity (Wildman–Crippen MR) is 75.9 cm³/mol. The fraction of sp³-hybridized carbons (Fsp3) is 0.0556. The van der Waals surface area contributed by atoms with Gasteiger partial charge in [-0.05, 0) is 39.8 Å². The van der Waals surface area contributed by atoms with Crippen LogP contribution in [0, 0.1) is 6.42 Å². The minimum atomic E-state index is 1.06. The molecule has 0 N–H and O–H groups in total. The number of fused-ring (bicyclic) bond motifs is 2. The van der Waals surface area contributed by atoms with Crippen molar-refractivity contribution in [1.29, 1.82) is 0 Å². The quantitative estimate of drug-likeness (QED) is 0.684. The van der Waals surface area contributed by atoms with Crippen LogP contribution in [0.5, 0.6) is 0 Å². The average Bonchev–Trinajstić information content (AvgIpc) is 3.02. The Morgan fingerprint density at radius 1 is 0.667 bits per heavy atom. The number of allylic oxidation sites excluding steroid dienone is 2. The zero-order valence-electron chi connectivity index (χ0n) is 10.1. The molecule has 85 valence electrons. The van der Waals surface area contributed by atoms with E-state index in [0.29, 0.717) is 0 Å². The van der Waals surface area contributed by atoms with Gasteiger partial charge in [-0.1, -0.05) is 60.7 Å². The molecule has 0 atom stereocenters. The van der Waals surface area contributed by atoms with E-state index in [9.17, 15) is 0 Å². The van der Waals surface area contributed by atoms with Crippen molar-refractivity contribution < 1.29 is 0 Å². The molecule has 18 heavy (non-hydrogen) atoms. The van der Waals surface area contributed by atoms with Crippen molar-refractivity contribution >= 4 is 12.2 Å². The highest BCUT2D eigenvalue weighted by atomic mass is 14.2. The third-order valence-electron chi connectivity index (χ3n) is 3.75. The maximum atomic E-state index is 2.32. The minimum Gasteiger partial charge on any atom is -0.0619 e. The van der Waals surface area contributed by atoms with Gasteiger partial charge < -0.3 is 0 Å². The SMILES string of the molecule is [CH]1C(C2=Cc3ccccc3C2)=Cc2ccccc21. The van der Waals surface area contributed by atoms with Gasteiger partial charge in [-0.2, -0.15) is 0 Å². The topological polar surface area (TPSA) is 0 Å². The van der Waals surface area contributed by atoms with Crippen molar-refractivity contribution in [2.75, 3.05) is 0 Å². The van der Waals surface area contributed by atoms with Crippen molar-refractivity contribution in [2.45, 2.75) is 6.42 Å². The summed E-state index contributed by atoms with van der Waals surface area (Å²) in [7, 11) is 0. The summed E-state index contributed by atoms with van der Waals surface area (Å²) >= 11 is 0. The first-order chi connectivity index (χ1) is 8.90. The highest BCUT2D eigenvalue weighted by molar-refractivity contribution is 5.80. The van der Waals surface area contributed by atoms with E-state index in [4.69, 9.17) is 0 Å². The molecule has 0 bridgehead atoms. The van der Waals surface area contributed by atoms with Crippen LogP contribution in [0.4, 0.5) is 0 Å². The Morgan fingerprint density at radius 3 is 2.17 bits per heavy atom. The average molecular weight is 229 g/mol. The molecule has 2 aromatic carbocycles. The van der Waals surface area contributed by atoms with E-state index >= 15 is 0 Å². The summed E-state index contributed by atoms with van der Waals surface area (Å²) in [6.07, 6.45) is 7.98. The summed E-state index contributed by atoms with van der Waals surface area (Å²) in [6, 6.07) is 17.2. The molecule has 2 aromatic rings. The largest absolute Gasteiger partial charge is 0.0619 e. The van der Waals surface area contributed by atoms with Gasteiger partial charge in [0.15, 0.2) is 0 Å². The first-order valence-corrected chi connectivity index (χ1v) is 6.34. The molecule has 2 aliphatic rings. The van der Waals surface area contributed by atoms with Crippen molar-refractivity contribution in [1.82, 2.24) is 0 Å². The highest BCUT2D eigenvalue weighted by Crippen LogP contribution is 2.36. The lowest BCUT2D eigenvalue weighted by atomic mass is 10.0. The smallest absolute Gasteiger partial charge is 0.0208 e. The number of benzene rings is 2. The van der Waals surface area contributed by atoms with Crippen molar-refractivity contribution in [3.05, 3.63) is 88.4 Å². The fourth-order valence-electron chi connectivity index (χ4n) is 2.80. The second kappa shape index (κ2) is 3.71. The van der Waals surface area contributed by atoms with Crippen LogP contribution in [-0.4, -0.2) is 0 Å². The Balaban J connectivity index is 1.70. The van der Waals surface area contributed by atoms with Crippen molar-refractivity contribution in [3.63, 3.8) is 0 Å². The van der Waals surface area contributed by atoms with Gasteiger partial charge in [0.2, 0.25) is 0 Å². The highest BCUT2D eigenvalue weighted by Gasteiger charge is 2.19. The zero-order chi connectivity index (χ0) is 11.9. The van der Waals surface area contributed by atoms with E-state index in [0.717, 1.165) is 6.42 Å². The van der Waals surface area contributed by atoms with Gasteiger partial charge in [0.05, 0.1) is 0 Å². The molecule has 2 aliphatic carbocycles. The van der Waals surface area contributed by atoms with Crippen molar-refractivity contribution in [3.8, 4) is 0 Å². The molecule has 0 fully saturated rings. The second-order valence-corrected chi connectivity index (χ2v) is 4.92. The van der Waals surface area contributed by atoms with Crippen molar-refractivity contribution in [2.24, 2.45) is 0 Å². The molecule has 0 unspecified atom stereocenters. The Morgan fingerprint density at radius 2 is 1.39 bits per heavy atom. The van der Waals surface area contributed by atoms with Gasteiger partial charge in [0, 0.05) is 6.42 Å². The lowest BCUT2D eigenvalue weighted by Crippen LogP contribution is -1.88. The second-order valence-electron chi connectivity index (χ2n) is 4.92. The Hall–Kier alpha value is -2.08. The van der Waals surface area contributed by atoms with E-state index < -0.39 is 0 Å². The molecule has 0 heteroatoms. The van der Waals surface area contributed by atoms with Crippen LogP contribution < -0.4 is 0 Å². The number of rotatable bonds is 1. The molecule has 0 saturated carbocycles. The third kappa shape index (κ3) is 1.46. The lowest BCUT2D eigenvalue weighted by Gasteiger charge is -2.02. The van der Waals surface area contributed by atoms with Gasteiger partial charge in [-0.25, -0.2) is 0 Å². The van der Waals surface area contributed by atoms with Crippen LogP contribution in [0.1, 0.15) is 22.3 Å². The molecule has 0 spiro atoms. The van der Waals surface area contributed by atoms with Gasteiger partial charge in [-0.3, -0.25) is 0 Å². The first-order valence-electron chi connectivity index (χ1n) is 6.34. The molecule has 1 radical (unpaired) electrons. The summed E-state index contributed by atoms with van der Waals surface area (Å²) in [5.41, 5.74) is 8.30. The Bertz CT molecular complexity index is 625. The summed E-state index contributed by atoms with van der Waals surface area (Å²) in [6.45, 7) is 0. The van der Waals surface area contributed by atoms with Crippen LogP contribution in [0.15, 0.2) is 59.7 Å². The van der Waals surface area contributed by atoms with E-state index in [2.05, 4.69) is 67.1 Å². The maximum absolute atomic E-state index is 2.32. The van der Waals surface area contributed by atoms with Gasteiger partial charge in [-0.15, -0.1) is 0 Å². The standard InChI is InChI=1S/C18H13/c1-2-6-14-10-17(9-13(14)5-1)18-11-15-7-3-4-8-16(15)12-18/h1-11H,12H2.